The number of nitrogens with zero attached hydrogens (tertiary/aromatic N) is 2. The molecule has 1 saturated heterocycles. The number of fused-ring (bicyclic) bond motifs is 1. The summed E-state index contributed by atoms with van der Waals surface area (Å²) in [6, 6.07) is 5.60. The zero-order valence-electron chi connectivity index (χ0n) is 12.1. The number of carbonyl (C=O) groups is 2. The largest absolute Gasteiger partial charge is 0.378 e. The van der Waals surface area contributed by atoms with Gasteiger partial charge in [0.15, 0.2) is 0 Å². The van der Waals surface area contributed by atoms with E-state index in [4.69, 9.17) is 4.74 Å². The van der Waals surface area contributed by atoms with Gasteiger partial charge in [0.25, 0.3) is 0 Å². The highest BCUT2D eigenvalue weighted by Gasteiger charge is 2.23. The zero-order valence-corrected chi connectivity index (χ0v) is 12.1. The van der Waals surface area contributed by atoms with Crippen molar-refractivity contribution in [3.63, 3.8) is 0 Å². The van der Waals surface area contributed by atoms with Crippen LogP contribution < -0.4 is 10.2 Å². The van der Waals surface area contributed by atoms with E-state index in [1.54, 1.807) is 16.7 Å². The second-order valence-corrected chi connectivity index (χ2v) is 5.29. The third-order valence-corrected chi connectivity index (χ3v) is 3.90. The Morgan fingerprint density at radius 1 is 1.19 bits per heavy atom. The molecule has 2 aliphatic rings. The Morgan fingerprint density at radius 3 is 2.67 bits per heavy atom. The van der Waals surface area contributed by atoms with Gasteiger partial charge in [0.1, 0.15) is 0 Å². The molecule has 2 heterocycles. The molecule has 6 heteroatoms. The number of hydrogen-bond donors (Lipinski definition) is 1. The van der Waals surface area contributed by atoms with Crippen LogP contribution in [0.2, 0.25) is 0 Å². The van der Waals surface area contributed by atoms with Crippen LogP contribution in [0.25, 0.3) is 0 Å². The number of amides is 3. The summed E-state index contributed by atoms with van der Waals surface area (Å²) in [4.78, 5) is 27.2. The topological polar surface area (TPSA) is 61.9 Å². The predicted octanol–water partition coefficient (Wildman–Crippen LogP) is 1.46. The van der Waals surface area contributed by atoms with Gasteiger partial charge in [0.05, 0.1) is 13.2 Å². The lowest BCUT2D eigenvalue weighted by Gasteiger charge is -2.27. The van der Waals surface area contributed by atoms with Gasteiger partial charge in [0, 0.05) is 37.9 Å². The SMILES string of the molecule is CC(=O)N1CCc2cc(NC(=O)N3CCOCC3)ccc21. The Labute approximate surface area is 123 Å². The number of rotatable bonds is 1. The summed E-state index contributed by atoms with van der Waals surface area (Å²) in [5.74, 6) is 0.0545. The molecule has 21 heavy (non-hydrogen) atoms. The van der Waals surface area contributed by atoms with Gasteiger partial charge in [-0.05, 0) is 30.2 Å². The molecule has 1 aromatic rings. The highest BCUT2D eigenvalue weighted by atomic mass is 16.5. The maximum atomic E-state index is 12.1. The summed E-state index contributed by atoms with van der Waals surface area (Å²) in [6.45, 7) is 4.70. The molecular formula is C15H19N3O3. The summed E-state index contributed by atoms with van der Waals surface area (Å²) >= 11 is 0. The normalized spacial score (nSPS) is 17.6. The third-order valence-electron chi connectivity index (χ3n) is 3.90. The van der Waals surface area contributed by atoms with E-state index in [0.717, 1.165) is 23.4 Å². The van der Waals surface area contributed by atoms with Crippen molar-refractivity contribution in [2.24, 2.45) is 0 Å². The molecule has 0 spiro atoms. The first-order valence-electron chi connectivity index (χ1n) is 7.20. The minimum absolute atomic E-state index is 0.0545. The maximum absolute atomic E-state index is 12.1. The number of anilines is 2. The second-order valence-electron chi connectivity index (χ2n) is 5.29. The summed E-state index contributed by atoms with van der Waals surface area (Å²) in [7, 11) is 0. The third kappa shape index (κ3) is 2.85. The molecule has 1 aromatic carbocycles. The fourth-order valence-electron chi connectivity index (χ4n) is 2.78. The average Bonchev–Trinajstić information content (AvgIpc) is 2.91. The first-order chi connectivity index (χ1) is 10.1. The first kappa shape index (κ1) is 13.9. The van der Waals surface area contributed by atoms with Gasteiger partial charge in [-0.3, -0.25) is 4.79 Å². The van der Waals surface area contributed by atoms with Crippen molar-refractivity contribution in [1.82, 2.24) is 4.90 Å². The highest BCUT2D eigenvalue weighted by molar-refractivity contribution is 5.95. The van der Waals surface area contributed by atoms with E-state index < -0.39 is 0 Å². The smallest absolute Gasteiger partial charge is 0.321 e. The molecule has 0 atom stereocenters. The number of carbonyl (C=O) groups excluding carboxylic acids is 2. The molecule has 3 amide bonds. The van der Waals surface area contributed by atoms with Gasteiger partial charge in [-0.2, -0.15) is 0 Å². The van der Waals surface area contributed by atoms with Gasteiger partial charge < -0.3 is 19.9 Å². The van der Waals surface area contributed by atoms with Crippen LogP contribution in [0.3, 0.4) is 0 Å². The van der Waals surface area contributed by atoms with Gasteiger partial charge in [-0.1, -0.05) is 0 Å². The van der Waals surface area contributed by atoms with E-state index in [-0.39, 0.29) is 11.9 Å². The predicted molar refractivity (Wildman–Crippen MR) is 79.6 cm³/mol. The Hall–Kier alpha value is -2.08. The fourth-order valence-corrected chi connectivity index (χ4v) is 2.78. The van der Waals surface area contributed by atoms with Gasteiger partial charge in [0.2, 0.25) is 5.91 Å². The molecule has 0 aromatic heterocycles. The molecule has 0 unspecified atom stereocenters. The Kier molecular flexibility index (Phi) is 3.79. The minimum atomic E-state index is -0.0975. The molecule has 3 rings (SSSR count). The lowest BCUT2D eigenvalue weighted by molar-refractivity contribution is -0.116. The quantitative estimate of drug-likeness (QED) is 0.851. The van der Waals surface area contributed by atoms with Crippen LogP contribution in [-0.4, -0.2) is 49.7 Å². The van der Waals surface area contributed by atoms with Crippen LogP contribution in [-0.2, 0) is 16.0 Å². The summed E-state index contributed by atoms with van der Waals surface area (Å²) < 4.78 is 5.24. The van der Waals surface area contributed by atoms with Crippen LogP contribution in [0.5, 0.6) is 0 Å². The molecule has 2 aliphatic heterocycles. The van der Waals surface area contributed by atoms with E-state index in [1.807, 2.05) is 18.2 Å². The van der Waals surface area contributed by atoms with Crippen LogP contribution >= 0.6 is 0 Å². The fraction of sp³-hybridized carbons (Fsp3) is 0.467. The van der Waals surface area contributed by atoms with E-state index in [2.05, 4.69) is 5.32 Å². The van der Waals surface area contributed by atoms with Crippen molar-refractivity contribution in [3.05, 3.63) is 23.8 Å². The molecule has 112 valence electrons. The second kappa shape index (κ2) is 5.73. The molecule has 0 saturated carbocycles. The van der Waals surface area contributed by atoms with Gasteiger partial charge in [-0.15, -0.1) is 0 Å². The molecule has 0 bridgehead atoms. The first-order valence-corrected chi connectivity index (χ1v) is 7.20. The van der Waals surface area contributed by atoms with Crippen molar-refractivity contribution in [2.45, 2.75) is 13.3 Å². The van der Waals surface area contributed by atoms with E-state index in [1.165, 1.54) is 0 Å². The van der Waals surface area contributed by atoms with Gasteiger partial charge >= 0.3 is 6.03 Å². The molecule has 1 N–H and O–H groups in total. The van der Waals surface area contributed by atoms with Crippen molar-refractivity contribution in [1.29, 1.82) is 0 Å². The number of benzene rings is 1. The standard InChI is InChI=1S/C15H19N3O3/c1-11(19)18-5-4-12-10-13(2-3-14(12)18)16-15(20)17-6-8-21-9-7-17/h2-3,10H,4-9H2,1H3,(H,16,20). The van der Waals surface area contributed by atoms with Crippen LogP contribution in [0.4, 0.5) is 16.2 Å². The zero-order chi connectivity index (χ0) is 14.8. The minimum Gasteiger partial charge on any atom is -0.378 e. The Balaban J connectivity index is 1.70. The molecule has 0 radical (unpaired) electrons. The lowest BCUT2D eigenvalue weighted by atomic mass is 10.1. The summed E-state index contributed by atoms with van der Waals surface area (Å²) in [5, 5.41) is 2.91. The molecular weight excluding hydrogens is 270 g/mol. The van der Waals surface area contributed by atoms with Crippen molar-refractivity contribution in [2.75, 3.05) is 43.1 Å². The number of urea groups is 1. The summed E-state index contributed by atoms with van der Waals surface area (Å²) in [5.41, 5.74) is 2.83. The summed E-state index contributed by atoms with van der Waals surface area (Å²) in [6.07, 6.45) is 0.830. The number of ether oxygens (including phenoxy) is 1. The van der Waals surface area contributed by atoms with Crippen molar-refractivity contribution >= 4 is 23.3 Å². The molecule has 0 aliphatic carbocycles. The van der Waals surface area contributed by atoms with Crippen LogP contribution in [0.1, 0.15) is 12.5 Å². The Morgan fingerprint density at radius 2 is 1.95 bits per heavy atom. The van der Waals surface area contributed by atoms with Crippen molar-refractivity contribution in [3.8, 4) is 0 Å². The lowest BCUT2D eigenvalue weighted by Crippen LogP contribution is -2.43. The average molecular weight is 289 g/mol. The maximum Gasteiger partial charge on any atom is 0.321 e. The highest BCUT2D eigenvalue weighted by Crippen LogP contribution is 2.30. The van der Waals surface area contributed by atoms with E-state index >= 15 is 0 Å². The van der Waals surface area contributed by atoms with Crippen molar-refractivity contribution < 1.29 is 14.3 Å². The van der Waals surface area contributed by atoms with Crippen LogP contribution in [0.15, 0.2) is 18.2 Å². The monoisotopic (exact) mass is 289 g/mol. The van der Waals surface area contributed by atoms with E-state index in [9.17, 15) is 9.59 Å². The number of hydrogen-bond acceptors (Lipinski definition) is 3. The molecule has 6 nitrogen and oxygen atoms in total. The van der Waals surface area contributed by atoms with Gasteiger partial charge in [-0.25, -0.2) is 4.79 Å². The van der Waals surface area contributed by atoms with E-state index in [0.29, 0.717) is 32.8 Å². The van der Waals surface area contributed by atoms with Crippen LogP contribution in [0, 0.1) is 0 Å². The Bertz CT molecular complexity index is 567. The molecule has 1 fully saturated rings. The number of morpholine rings is 1. The number of nitrogens with one attached hydrogen (secondary N) is 1.